The van der Waals surface area contributed by atoms with E-state index in [1.54, 1.807) is 12.1 Å². The summed E-state index contributed by atoms with van der Waals surface area (Å²) in [5.74, 6) is 0.740. The molecule has 2 N–H and O–H groups in total. The lowest BCUT2D eigenvalue weighted by atomic mass is 9.98. The molecule has 0 fully saturated rings. The predicted octanol–water partition coefficient (Wildman–Crippen LogP) is 3.75. The maximum absolute atomic E-state index is 12.3. The summed E-state index contributed by atoms with van der Waals surface area (Å²) in [6, 6.07) is 16.7. The number of ketones is 1. The largest absolute Gasteiger partial charge is 0.491 e. The van der Waals surface area contributed by atoms with E-state index in [1.807, 2.05) is 56.3 Å². The maximum Gasteiger partial charge on any atom is 0.164 e. The molecule has 0 aliphatic rings. The van der Waals surface area contributed by atoms with Gasteiger partial charge in [0, 0.05) is 18.0 Å². The number of hydrogen-bond donors (Lipinski definition) is 1. The highest BCUT2D eigenvalue weighted by molar-refractivity contribution is 5.96. The summed E-state index contributed by atoms with van der Waals surface area (Å²) in [4.78, 5) is 12.3. The highest BCUT2D eigenvalue weighted by Crippen LogP contribution is 2.20. The Morgan fingerprint density at radius 3 is 2.48 bits per heavy atom. The number of rotatable bonds is 6. The first-order chi connectivity index (χ1) is 10.1. The van der Waals surface area contributed by atoms with Crippen molar-refractivity contribution in [3.05, 3.63) is 65.7 Å². The second-order valence-corrected chi connectivity index (χ2v) is 5.34. The van der Waals surface area contributed by atoms with E-state index in [1.165, 1.54) is 0 Å². The van der Waals surface area contributed by atoms with Crippen LogP contribution >= 0.6 is 0 Å². The zero-order chi connectivity index (χ0) is 15.2. The van der Waals surface area contributed by atoms with Crippen LogP contribution in [0.5, 0.6) is 5.75 Å². The van der Waals surface area contributed by atoms with Crippen LogP contribution in [0.3, 0.4) is 0 Å². The third kappa shape index (κ3) is 4.43. The molecular weight excluding hydrogens is 262 g/mol. The van der Waals surface area contributed by atoms with E-state index < -0.39 is 0 Å². The molecule has 0 heterocycles. The SMILES string of the molecule is CC(C)Oc1cccc(C(=O)CC(N)c2ccccc2)c1. The molecule has 2 aromatic rings. The zero-order valence-corrected chi connectivity index (χ0v) is 12.5. The molecule has 0 aliphatic heterocycles. The number of ether oxygens (including phenoxy) is 1. The third-order valence-corrected chi connectivity index (χ3v) is 3.16. The zero-order valence-electron chi connectivity index (χ0n) is 12.5. The van der Waals surface area contributed by atoms with E-state index in [9.17, 15) is 4.79 Å². The van der Waals surface area contributed by atoms with Crippen LogP contribution in [0, 0.1) is 0 Å². The van der Waals surface area contributed by atoms with Gasteiger partial charge in [0.25, 0.3) is 0 Å². The minimum atomic E-state index is -0.284. The molecule has 0 radical (unpaired) electrons. The molecule has 1 unspecified atom stereocenters. The Hall–Kier alpha value is -2.13. The Kier molecular flexibility index (Phi) is 5.12. The van der Waals surface area contributed by atoms with Gasteiger partial charge in [0.2, 0.25) is 0 Å². The number of carbonyl (C=O) groups is 1. The van der Waals surface area contributed by atoms with Gasteiger partial charge >= 0.3 is 0 Å². The Morgan fingerprint density at radius 2 is 1.81 bits per heavy atom. The lowest BCUT2D eigenvalue weighted by Crippen LogP contribution is -2.15. The number of benzene rings is 2. The van der Waals surface area contributed by atoms with E-state index >= 15 is 0 Å². The van der Waals surface area contributed by atoms with Gasteiger partial charge in [-0.25, -0.2) is 0 Å². The maximum atomic E-state index is 12.3. The number of carbonyl (C=O) groups excluding carboxylic acids is 1. The first-order valence-corrected chi connectivity index (χ1v) is 7.16. The fourth-order valence-corrected chi connectivity index (χ4v) is 2.15. The number of hydrogen-bond acceptors (Lipinski definition) is 3. The average molecular weight is 283 g/mol. The van der Waals surface area contributed by atoms with E-state index in [0.717, 1.165) is 5.56 Å². The Bertz CT molecular complexity index is 593. The first kappa shape index (κ1) is 15.3. The van der Waals surface area contributed by atoms with Crippen molar-refractivity contribution < 1.29 is 9.53 Å². The lowest BCUT2D eigenvalue weighted by Gasteiger charge is -2.13. The highest BCUT2D eigenvalue weighted by atomic mass is 16.5. The summed E-state index contributed by atoms with van der Waals surface area (Å²) in [6.07, 6.45) is 0.372. The van der Waals surface area contributed by atoms with Gasteiger partial charge in [0.15, 0.2) is 5.78 Å². The summed E-state index contributed by atoms with van der Waals surface area (Å²) in [5, 5.41) is 0. The molecule has 0 bridgehead atoms. The Balaban J connectivity index is 2.06. The van der Waals surface area contributed by atoms with Crippen molar-refractivity contribution in [1.82, 2.24) is 0 Å². The molecule has 21 heavy (non-hydrogen) atoms. The molecule has 110 valence electrons. The van der Waals surface area contributed by atoms with Crippen LogP contribution in [0.4, 0.5) is 0 Å². The third-order valence-electron chi connectivity index (χ3n) is 3.16. The molecule has 2 rings (SSSR count). The molecule has 0 aromatic heterocycles. The van der Waals surface area contributed by atoms with Gasteiger partial charge in [-0.15, -0.1) is 0 Å². The van der Waals surface area contributed by atoms with Gasteiger partial charge in [-0.2, -0.15) is 0 Å². The van der Waals surface area contributed by atoms with E-state index in [4.69, 9.17) is 10.5 Å². The molecule has 0 saturated carbocycles. The van der Waals surface area contributed by atoms with Crippen molar-refractivity contribution in [3.8, 4) is 5.75 Å². The quantitative estimate of drug-likeness (QED) is 0.821. The molecule has 0 saturated heterocycles. The van der Waals surface area contributed by atoms with Crippen LogP contribution in [0.15, 0.2) is 54.6 Å². The molecule has 0 amide bonds. The van der Waals surface area contributed by atoms with Crippen LogP contribution in [-0.4, -0.2) is 11.9 Å². The molecule has 3 nitrogen and oxygen atoms in total. The van der Waals surface area contributed by atoms with Crippen LogP contribution in [-0.2, 0) is 0 Å². The van der Waals surface area contributed by atoms with Crippen molar-refractivity contribution in [3.63, 3.8) is 0 Å². The van der Waals surface area contributed by atoms with Crippen molar-refractivity contribution in [2.45, 2.75) is 32.4 Å². The predicted molar refractivity (Wildman–Crippen MR) is 84.5 cm³/mol. The van der Waals surface area contributed by atoms with E-state index in [-0.39, 0.29) is 24.3 Å². The van der Waals surface area contributed by atoms with Gasteiger partial charge in [0.1, 0.15) is 5.75 Å². The minimum absolute atomic E-state index is 0.0283. The van der Waals surface area contributed by atoms with Crippen LogP contribution < -0.4 is 10.5 Å². The highest BCUT2D eigenvalue weighted by Gasteiger charge is 2.14. The second kappa shape index (κ2) is 7.04. The smallest absolute Gasteiger partial charge is 0.164 e. The van der Waals surface area contributed by atoms with Crippen molar-refractivity contribution in [1.29, 1.82) is 0 Å². The van der Waals surface area contributed by atoms with Gasteiger partial charge in [-0.1, -0.05) is 42.5 Å². The summed E-state index contributed by atoms with van der Waals surface area (Å²) >= 11 is 0. The Labute approximate surface area is 125 Å². The monoisotopic (exact) mass is 283 g/mol. The molecule has 0 aliphatic carbocycles. The average Bonchev–Trinajstić information content (AvgIpc) is 2.47. The summed E-state index contributed by atoms with van der Waals surface area (Å²) in [5.41, 5.74) is 7.71. The lowest BCUT2D eigenvalue weighted by molar-refractivity contribution is 0.0973. The number of nitrogens with two attached hydrogens (primary N) is 1. The fourth-order valence-electron chi connectivity index (χ4n) is 2.15. The molecular formula is C18H21NO2. The van der Waals surface area contributed by atoms with Gasteiger partial charge in [0.05, 0.1) is 6.10 Å². The standard InChI is InChI=1S/C18H21NO2/c1-13(2)21-16-10-6-9-15(11-16)18(20)12-17(19)14-7-4-3-5-8-14/h3-11,13,17H,12,19H2,1-2H3. The van der Waals surface area contributed by atoms with Crippen LogP contribution in [0.1, 0.15) is 42.2 Å². The van der Waals surface area contributed by atoms with Crippen LogP contribution in [0.25, 0.3) is 0 Å². The topological polar surface area (TPSA) is 52.3 Å². The second-order valence-electron chi connectivity index (χ2n) is 5.34. The number of Topliss-reactive ketones (excluding diaryl/α,β-unsaturated/α-hetero) is 1. The normalized spacial score (nSPS) is 12.2. The minimum Gasteiger partial charge on any atom is -0.491 e. The molecule has 0 spiro atoms. The fraction of sp³-hybridized carbons (Fsp3) is 0.278. The molecule has 2 aromatic carbocycles. The van der Waals surface area contributed by atoms with Gasteiger partial charge < -0.3 is 10.5 Å². The van der Waals surface area contributed by atoms with E-state index in [0.29, 0.717) is 11.3 Å². The van der Waals surface area contributed by atoms with E-state index in [2.05, 4.69) is 0 Å². The van der Waals surface area contributed by atoms with Crippen molar-refractivity contribution >= 4 is 5.78 Å². The summed E-state index contributed by atoms with van der Waals surface area (Å²) in [6.45, 7) is 3.92. The summed E-state index contributed by atoms with van der Waals surface area (Å²) < 4.78 is 5.61. The van der Waals surface area contributed by atoms with Crippen molar-refractivity contribution in [2.24, 2.45) is 5.73 Å². The summed E-state index contributed by atoms with van der Waals surface area (Å²) in [7, 11) is 0. The Morgan fingerprint density at radius 1 is 1.10 bits per heavy atom. The van der Waals surface area contributed by atoms with Gasteiger partial charge in [-0.3, -0.25) is 4.79 Å². The molecule has 3 heteroatoms. The first-order valence-electron chi connectivity index (χ1n) is 7.16. The van der Waals surface area contributed by atoms with Gasteiger partial charge in [-0.05, 0) is 31.5 Å². The van der Waals surface area contributed by atoms with Crippen molar-refractivity contribution in [2.75, 3.05) is 0 Å². The molecule has 1 atom stereocenters. The van der Waals surface area contributed by atoms with Crippen LogP contribution in [0.2, 0.25) is 0 Å².